The Morgan fingerprint density at radius 1 is 0.788 bits per heavy atom. The van der Waals surface area contributed by atoms with Crippen LogP contribution in [0.15, 0.2) is 109 Å². The molecule has 0 aliphatic rings. The number of hydrogen-bond acceptors (Lipinski definition) is 3. The molecule has 0 spiro atoms. The van der Waals surface area contributed by atoms with Crippen molar-refractivity contribution in [1.82, 2.24) is 4.98 Å². The topological polar surface area (TPSA) is 42.4 Å². The van der Waals surface area contributed by atoms with Gasteiger partial charge in [-0.3, -0.25) is 9.78 Å². The van der Waals surface area contributed by atoms with Crippen LogP contribution in [0.1, 0.15) is 23.2 Å². The van der Waals surface area contributed by atoms with Gasteiger partial charge in [-0.25, -0.2) is 0 Å². The van der Waals surface area contributed by atoms with Gasteiger partial charge in [0.25, 0.3) is 0 Å². The van der Waals surface area contributed by atoms with Crippen molar-refractivity contribution in [3.63, 3.8) is 0 Å². The highest BCUT2D eigenvalue weighted by Gasteiger charge is 2.17. The van der Waals surface area contributed by atoms with Crippen LogP contribution in [0.3, 0.4) is 0 Å². The monoisotopic (exact) mass is 436 g/mol. The molecule has 0 N–H and O–H groups in total. The predicted molar refractivity (Wildman–Crippen MR) is 132 cm³/mol. The van der Waals surface area contributed by atoms with Crippen molar-refractivity contribution in [3.8, 4) is 5.75 Å². The second-order valence-electron chi connectivity index (χ2n) is 7.86. The summed E-state index contributed by atoms with van der Waals surface area (Å²) in [5.41, 5.74) is 3.98. The lowest BCUT2D eigenvalue weighted by Gasteiger charge is -2.23. The largest absolute Gasteiger partial charge is 0.489 e. The SMILES string of the molecule is O=C(Cc1ccccn1)N(CCCc1ccccc1OCc1ccccc1)c1ccccc1. The Kier molecular flexibility index (Phi) is 7.85. The highest BCUT2D eigenvalue weighted by molar-refractivity contribution is 5.94. The van der Waals surface area contributed by atoms with E-state index < -0.39 is 0 Å². The van der Waals surface area contributed by atoms with Crippen LogP contribution in [0.2, 0.25) is 0 Å². The molecule has 0 atom stereocenters. The van der Waals surface area contributed by atoms with Gasteiger partial charge in [-0.05, 0) is 54.3 Å². The zero-order chi connectivity index (χ0) is 22.7. The molecule has 3 aromatic carbocycles. The lowest BCUT2D eigenvalue weighted by atomic mass is 10.1. The Balaban J connectivity index is 1.41. The van der Waals surface area contributed by atoms with Crippen LogP contribution < -0.4 is 9.64 Å². The molecular formula is C29H28N2O2. The number of anilines is 1. The summed E-state index contributed by atoms with van der Waals surface area (Å²) >= 11 is 0. The molecule has 1 amide bonds. The zero-order valence-electron chi connectivity index (χ0n) is 18.6. The maximum atomic E-state index is 13.1. The minimum Gasteiger partial charge on any atom is -0.489 e. The predicted octanol–water partition coefficient (Wildman–Crippen LogP) is 5.87. The minimum atomic E-state index is 0.0495. The van der Waals surface area contributed by atoms with Gasteiger partial charge in [0, 0.05) is 24.1 Å². The third-order valence-corrected chi connectivity index (χ3v) is 5.47. The maximum Gasteiger partial charge on any atom is 0.232 e. The van der Waals surface area contributed by atoms with Crippen LogP contribution in [0.5, 0.6) is 5.75 Å². The average Bonchev–Trinajstić information content (AvgIpc) is 2.87. The molecule has 0 unspecified atom stereocenters. The quantitative estimate of drug-likeness (QED) is 0.312. The zero-order valence-corrected chi connectivity index (χ0v) is 18.6. The van der Waals surface area contributed by atoms with Crippen LogP contribution in [0, 0.1) is 0 Å². The second kappa shape index (κ2) is 11.6. The molecule has 0 bridgehead atoms. The van der Waals surface area contributed by atoms with Crippen molar-refractivity contribution in [2.75, 3.05) is 11.4 Å². The molecule has 0 aliphatic heterocycles. The molecular weight excluding hydrogens is 408 g/mol. The first-order chi connectivity index (χ1) is 16.3. The molecule has 1 heterocycles. The summed E-state index contributed by atoms with van der Waals surface area (Å²) in [6, 6.07) is 33.8. The summed E-state index contributed by atoms with van der Waals surface area (Å²) in [6.07, 6.45) is 3.66. The fourth-order valence-corrected chi connectivity index (χ4v) is 3.77. The smallest absolute Gasteiger partial charge is 0.232 e. The number of carbonyl (C=O) groups excluding carboxylic acids is 1. The molecule has 0 radical (unpaired) electrons. The van der Waals surface area contributed by atoms with Crippen molar-refractivity contribution < 1.29 is 9.53 Å². The van der Waals surface area contributed by atoms with Gasteiger partial charge in [-0.2, -0.15) is 0 Å². The van der Waals surface area contributed by atoms with E-state index in [9.17, 15) is 4.79 Å². The first kappa shape index (κ1) is 22.3. The highest BCUT2D eigenvalue weighted by atomic mass is 16.5. The van der Waals surface area contributed by atoms with E-state index in [2.05, 4.69) is 23.2 Å². The first-order valence-corrected chi connectivity index (χ1v) is 11.3. The summed E-state index contributed by atoms with van der Waals surface area (Å²) < 4.78 is 6.10. The van der Waals surface area contributed by atoms with Gasteiger partial charge in [-0.1, -0.05) is 72.8 Å². The molecule has 4 nitrogen and oxygen atoms in total. The van der Waals surface area contributed by atoms with Gasteiger partial charge in [0.15, 0.2) is 0 Å². The van der Waals surface area contributed by atoms with E-state index in [1.54, 1.807) is 6.20 Å². The van der Waals surface area contributed by atoms with Gasteiger partial charge in [-0.15, -0.1) is 0 Å². The molecule has 0 aliphatic carbocycles. The third-order valence-electron chi connectivity index (χ3n) is 5.47. The van der Waals surface area contributed by atoms with Crippen molar-refractivity contribution in [3.05, 3.63) is 126 Å². The van der Waals surface area contributed by atoms with Crippen LogP contribution in [0.4, 0.5) is 5.69 Å². The van der Waals surface area contributed by atoms with Crippen LogP contribution in [-0.2, 0) is 24.2 Å². The van der Waals surface area contributed by atoms with Crippen LogP contribution in [-0.4, -0.2) is 17.4 Å². The van der Waals surface area contributed by atoms with E-state index in [-0.39, 0.29) is 12.3 Å². The molecule has 0 saturated carbocycles. The van der Waals surface area contributed by atoms with E-state index in [0.29, 0.717) is 13.2 Å². The average molecular weight is 437 g/mol. The summed E-state index contributed by atoms with van der Waals surface area (Å²) in [7, 11) is 0. The van der Waals surface area contributed by atoms with Gasteiger partial charge < -0.3 is 9.64 Å². The number of aromatic nitrogens is 1. The lowest BCUT2D eigenvalue weighted by Crippen LogP contribution is -2.33. The van der Waals surface area contributed by atoms with Crippen molar-refractivity contribution in [2.45, 2.75) is 25.9 Å². The van der Waals surface area contributed by atoms with Crippen molar-refractivity contribution in [2.24, 2.45) is 0 Å². The van der Waals surface area contributed by atoms with Gasteiger partial charge in [0.2, 0.25) is 5.91 Å². The van der Waals surface area contributed by atoms with Gasteiger partial charge in [0.05, 0.1) is 6.42 Å². The molecule has 33 heavy (non-hydrogen) atoms. The maximum absolute atomic E-state index is 13.1. The Morgan fingerprint density at radius 2 is 1.48 bits per heavy atom. The number of nitrogens with zero attached hydrogens (tertiary/aromatic N) is 2. The molecule has 4 heteroatoms. The number of amides is 1. The van der Waals surface area contributed by atoms with E-state index in [4.69, 9.17) is 4.74 Å². The fraction of sp³-hybridized carbons (Fsp3) is 0.172. The summed E-state index contributed by atoms with van der Waals surface area (Å²) in [6.45, 7) is 1.17. The minimum absolute atomic E-state index is 0.0495. The summed E-state index contributed by atoms with van der Waals surface area (Å²) in [4.78, 5) is 19.3. The van der Waals surface area contributed by atoms with E-state index in [0.717, 1.165) is 41.1 Å². The highest BCUT2D eigenvalue weighted by Crippen LogP contribution is 2.22. The number of ether oxygens (including phenoxy) is 1. The Bertz CT molecular complexity index is 1130. The lowest BCUT2D eigenvalue weighted by molar-refractivity contribution is -0.118. The molecule has 1 aromatic heterocycles. The molecule has 4 rings (SSSR count). The molecule has 4 aromatic rings. The fourth-order valence-electron chi connectivity index (χ4n) is 3.77. The number of benzene rings is 3. The second-order valence-corrected chi connectivity index (χ2v) is 7.86. The van der Waals surface area contributed by atoms with Gasteiger partial charge >= 0.3 is 0 Å². The van der Waals surface area contributed by atoms with E-state index in [1.807, 2.05) is 89.8 Å². The molecule has 0 saturated heterocycles. The van der Waals surface area contributed by atoms with Crippen molar-refractivity contribution in [1.29, 1.82) is 0 Å². The normalized spacial score (nSPS) is 10.5. The molecule has 166 valence electrons. The standard InChI is InChI=1S/C29H28N2O2/c32-29(22-26-16-9-10-20-30-26)31(27-17-5-2-6-18-27)21-11-15-25-14-7-8-19-28(25)33-23-24-12-3-1-4-13-24/h1-10,12-14,16-20H,11,15,21-23H2. The number of para-hydroxylation sites is 2. The van der Waals surface area contributed by atoms with Crippen LogP contribution >= 0.6 is 0 Å². The molecule has 0 fully saturated rings. The Labute approximate surface area is 195 Å². The van der Waals surface area contributed by atoms with Gasteiger partial charge in [0.1, 0.15) is 12.4 Å². The number of rotatable bonds is 10. The third kappa shape index (κ3) is 6.53. The van der Waals surface area contributed by atoms with E-state index >= 15 is 0 Å². The first-order valence-electron chi connectivity index (χ1n) is 11.3. The Hall–Kier alpha value is -3.92. The number of pyridine rings is 1. The summed E-state index contributed by atoms with van der Waals surface area (Å²) in [5.74, 6) is 0.945. The van der Waals surface area contributed by atoms with Crippen LogP contribution in [0.25, 0.3) is 0 Å². The summed E-state index contributed by atoms with van der Waals surface area (Å²) in [5, 5.41) is 0. The van der Waals surface area contributed by atoms with E-state index in [1.165, 1.54) is 0 Å². The number of aryl methyl sites for hydroxylation is 1. The van der Waals surface area contributed by atoms with Crippen molar-refractivity contribution >= 4 is 11.6 Å². The Morgan fingerprint density at radius 3 is 2.24 bits per heavy atom. The number of hydrogen-bond donors (Lipinski definition) is 0. The number of carbonyl (C=O) groups is 1.